The van der Waals surface area contributed by atoms with Crippen LogP contribution in [0.1, 0.15) is 44.6 Å². The topological polar surface area (TPSA) is 57.6 Å². The molecule has 1 amide bonds. The van der Waals surface area contributed by atoms with E-state index >= 15 is 0 Å². The minimum absolute atomic E-state index is 0.0380. The van der Waals surface area contributed by atoms with E-state index in [1.807, 2.05) is 31.2 Å². The largest absolute Gasteiger partial charge is 0.481 e. The third-order valence-corrected chi connectivity index (χ3v) is 4.44. The second-order valence-corrected chi connectivity index (χ2v) is 6.36. The predicted octanol–water partition coefficient (Wildman–Crippen LogP) is 3.63. The molecule has 22 heavy (non-hydrogen) atoms. The number of aryl methyl sites for hydroxylation is 1. The van der Waals surface area contributed by atoms with Crippen molar-refractivity contribution in [1.82, 2.24) is 0 Å². The van der Waals surface area contributed by atoms with E-state index < -0.39 is 11.9 Å². The Morgan fingerprint density at radius 2 is 1.77 bits per heavy atom. The highest BCUT2D eigenvalue weighted by Gasteiger charge is 2.29. The first-order chi connectivity index (χ1) is 10.5. The van der Waals surface area contributed by atoms with E-state index in [0.29, 0.717) is 0 Å². The number of amides is 1. The fraction of sp³-hybridized carbons (Fsp3) is 0.556. The number of benzene rings is 1. The van der Waals surface area contributed by atoms with E-state index in [2.05, 4.69) is 0 Å². The molecule has 4 heteroatoms. The molecule has 1 unspecified atom stereocenters. The molecular formula is C18H25NO3. The quantitative estimate of drug-likeness (QED) is 0.903. The van der Waals surface area contributed by atoms with Gasteiger partial charge in [0.1, 0.15) is 0 Å². The molecule has 0 aromatic heterocycles. The summed E-state index contributed by atoms with van der Waals surface area (Å²) in [6.45, 7) is 3.88. The second kappa shape index (κ2) is 7.43. The lowest BCUT2D eigenvalue weighted by Gasteiger charge is -2.30. The van der Waals surface area contributed by atoms with Gasteiger partial charge in [-0.1, -0.05) is 43.9 Å². The molecule has 0 radical (unpaired) electrons. The SMILES string of the molecule is Cc1ccc(N(CC(C)C(=O)O)C(=O)C2CCCCC2)cc1. The molecule has 1 saturated carbocycles. The first kappa shape index (κ1) is 16.5. The smallest absolute Gasteiger partial charge is 0.308 e. The third kappa shape index (κ3) is 4.09. The van der Waals surface area contributed by atoms with Gasteiger partial charge in [0.05, 0.1) is 5.92 Å². The van der Waals surface area contributed by atoms with Gasteiger partial charge in [-0.2, -0.15) is 0 Å². The lowest BCUT2D eigenvalue weighted by atomic mass is 9.88. The number of carbonyl (C=O) groups excluding carboxylic acids is 1. The predicted molar refractivity (Wildman–Crippen MR) is 86.9 cm³/mol. The van der Waals surface area contributed by atoms with Crippen molar-refractivity contribution in [2.75, 3.05) is 11.4 Å². The number of hydrogen-bond acceptors (Lipinski definition) is 2. The van der Waals surface area contributed by atoms with Gasteiger partial charge in [0.15, 0.2) is 0 Å². The van der Waals surface area contributed by atoms with Crippen LogP contribution in [0.5, 0.6) is 0 Å². The maximum atomic E-state index is 12.9. The van der Waals surface area contributed by atoms with Crippen LogP contribution in [-0.2, 0) is 9.59 Å². The van der Waals surface area contributed by atoms with Crippen molar-refractivity contribution >= 4 is 17.6 Å². The van der Waals surface area contributed by atoms with Gasteiger partial charge in [-0.15, -0.1) is 0 Å². The number of rotatable bonds is 5. The Morgan fingerprint density at radius 1 is 1.18 bits per heavy atom. The van der Waals surface area contributed by atoms with Gasteiger partial charge in [0.2, 0.25) is 5.91 Å². The zero-order chi connectivity index (χ0) is 16.1. The number of anilines is 1. The van der Waals surface area contributed by atoms with Gasteiger partial charge in [-0.25, -0.2) is 0 Å². The highest BCUT2D eigenvalue weighted by molar-refractivity contribution is 5.95. The maximum absolute atomic E-state index is 12.9. The van der Waals surface area contributed by atoms with Crippen LogP contribution in [0.2, 0.25) is 0 Å². The van der Waals surface area contributed by atoms with Crippen LogP contribution in [0.25, 0.3) is 0 Å². The Balaban J connectivity index is 2.21. The number of carboxylic acid groups (broad SMARTS) is 1. The lowest BCUT2D eigenvalue weighted by Crippen LogP contribution is -2.41. The molecule has 1 aliphatic rings. The Kier molecular flexibility index (Phi) is 5.58. The minimum atomic E-state index is -0.867. The summed E-state index contributed by atoms with van der Waals surface area (Å²) in [4.78, 5) is 25.7. The molecule has 1 aromatic carbocycles. The fourth-order valence-corrected chi connectivity index (χ4v) is 2.97. The zero-order valence-corrected chi connectivity index (χ0v) is 13.4. The third-order valence-electron chi connectivity index (χ3n) is 4.44. The minimum Gasteiger partial charge on any atom is -0.481 e. The zero-order valence-electron chi connectivity index (χ0n) is 13.4. The Labute approximate surface area is 132 Å². The van der Waals surface area contributed by atoms with Crippen molar-refractivity contribution < 1.29 is 14.7 Å². The average Bonchev–Trinajstić information content (AvgIpc) is 2.53. The summed E-state index contributed by atoms with van der Waals surface area (Å²) in [7, 11) is 0. The monoisotopic (exact) mass is 303 g/mol. The second-order valence-electron chi connectivity index (χ2n) is 6.36. The molecule has 0 saturated heterocycles. The molecule has 1 fully saturated rings. The van der Waals surface area contributed by atoms with Crippen molar-refractivity contribution in [2.24, 2.45) is 11.8 Å². The van der Waals surface area contributed by atoms with Crippen LogP contribution < -0.4 is 4.90 Å². The van der Waals surface area contributed by atoms with Gasteiger partial charge in [-0.05, 0) is 31.9 Å². The van der Waals surface area contributed by atoms with Crippen molar-refractivity contribution in [3.8, 4) is 0 Å². The summed E-state index contributed by atoms with van der Waals surface area (Å²) in [5, 5.41) is 9.18. The molecule has 1 aliphatic carbocycles. The summed E-state index contributed by atoms with van der Waals surface area (Å²) in [6.07, 6.45) is 5.21. The van der Waals surface area contributed by atoms with E-state index in [1.165, 1.54) is 6.42 Å². The van der Waals surface area contributed by atoms with E-state index in [0.717, 1.165) is 36.9 Å². The average molecular weight is 303 g/mol. The summed E-state index contributed by atoms with van der Waals surface area (Å²) >= 11 is 0. The van der Waals surface area contributed by atoms with Crippen molar-refractivity contribution in [1.29, 1.82) is 0 Å². The number of nitrogens with zero attached hydrogens (tertiary/aromatic N) is 1. The number of carboxylic acids is 1. The van der Waals surface area contributed by atoms with Crippen molar-refractivity contribution in [2.45, 2.75) is 46.0 Å². The van der Waals surface area contributed by atoms with E-state index in [4.69, 9.17) is 0 Å². The first-order valence-electron chi connectivity index (χ1n) is 8.10. The van der Waals surface area contributed by atoms with Crippen LogP contribution in [0.15, 0.2) is 24.3 Å². The fourth-order valence-electron chi connectivity index (χ4n) is 2.97. The van der Waals surface area contributed by atoms with E-state index in [1.54, 1.807) is 11.8 Å². The summed E-state index contributed by atoms with van der Waals surface area (Å²) in [5.41, 5.74) is 1.93. The molecule has 1 atom stereocenters. The molecule has 0 aliphatic heterocycles. The van der Waals surface area contributed by atoms with E-state index in [-0.39, 0.29) is 18.4 Å². The molecule has 0 spiro atoms. The number of aliphatic carboxylic acids is 1. The number of carbonyl (C=O) groups is 2. The summed E-state index contributed by atoms with van der Waals surface area (Å²) < 4.78 is 0. The highest BCUT2D eigenvalue weighted by atomic mass is 16.4. The molecule has 1 N–H and O–H groups in total. The van der Waals surface area contributed by atoms with Gasteiger partial charge in [0.25, 0.3) is 0 Å². The van der Waals surface area contributed by atoms with Crippen LogP contribution >= 0.6 is 0 Å². The van der Waals surface area contributed by atoms with E-state index in [9.17, 15) is 14.7 Å². The molecule has 1 aromatic rings. The van der Waals surface area contributed by atoms with Crippen LogP contribution in [0.3, 0.4) is 0 Å². The summed E-state index contributed by atoms with van der Waals surface area (Å²) in [6, 6.07) is 7.74. The number of hydrogen-bond donors (Lipinski definition) is 1. The maximum Gasteiger partial charge on any atom is 0.308 e. The molecule has 0 heterocycles. The highest BCUT2D eigenvalue weighted by Crippen LogP contribution is 2.28. The standard InChI is InChI=1S/C18H25NO3/c1-13-8-10-16(11-9-13)19(12-14(2)18(21)22)17(20)15-6-4-3-5-7-15/h8-11,14-15H,3-7,12H2,1-2H3,(H,21,22). The Bertz CT molecular complexity index is 518. The molecule has 0 bridgehead atoms. The molecule has 2 rings (SSSR count). The molecule has 4 nitrogen and oxygen atoms in total. The molecule has 120 valence electrons. The Morgan fingerprint density at radius 3 is 2.32 bits per heavy atom. The first-order valence-corrected chi connectivity index (χ1v) is 8.10. The van der Waals surface area contributed by atoms with Gasteiger partial charge >= 0.3 is 5.97 Å². The van der Waals surface area contributed by atoms with Gasteiger partial charge < -0.3 is 10.0 Å². The van der Waals surface area contributed by atoms with Crippen LogP contribution in [0.4, 0.5) is 5.69 Å². The van der Waals surface area contributed by atoms with Crippen molar-refractivity contribution in [3.63, 3.8) is 0 Å². The van der Waals surface area contributed by atoms with Gasteiger partial charge in [-0.3, -0.25) is 9.59 Å². The Hall–Kier alpha value is -1.84. The summed E-state index contributed by atoms with van der Waals surface area (Å²) in [5.74, 6) is -1.32. The normalized spacial score (nSPS) is 17.0. The lowest BCUT2D eigenvalue weighted by molar-refractivity contribution is -0.140. The van der Waals surface area contributed by atoms with Crippen molar-refractivity contribution in [3.05, 3.63) is 29.8 Å². The van der Waals surface area contributed by atoms with Crippen LogP contribution in [0, 0.1) is 18.8 Å². The van der Waals surface area contributed by atoms with Crippen LogP contribution in [-0.4, -0.2) is 23.5 Å². The molecular weight excluding hydrogens is 278 g/mol. The van der Waals surface area contributed by atoms with Gasteiger partial charge in [0, 0.05) is 18.2 Å².